The highest BCUT2D eigenvalue weighted by Gasteiger charge is 2.40. The summed E-state index contributed by atoms with van der Waals surface area (Å²) in [5.41, 5.74) is 8.31. The number of para-hydroxylation sites is 1. The minimum atomic E-state index is -0.316. The van der Waals surface area contributed by atoms with Crippen molar-refractivity contribution in [1.82, 2.24) is 4.90 Å². The van der Waals surface area contributed by atoms with Gasteiger partial charge in [0.05, 0.1) is 0 Å². The van der Waals surface area contributed by atoms with Crippen molar-refractivity contribution in [1.29, 1.82) is 0 Å². The first-order valence-electron chi connectivity index (χ1n) is 10.6. The summed E-state index contributed by atoms with van der Waals surface area (Å²) in [6.45, 7) is 4.44. The Kier molecular flexibility index (Phi) is 5.21. The number of piperidine rings is 1. The lowest BCUT2D eigenvalue weighted by atomic mass is 9.69. The normalized spacial score (nSPS) is 24.2. The van der Waals surface area contributed by atoms with Crippen molar-refractivity contribution in [2.45, 2.75) is 63.2 Å². The molecule has 0 radical (unpaired) electrons. The van der Waals surface area contributed by atoms with Crippen LogP contribution >= 0.6 is 0 Å². The van der Waals surface area contributed by atoms with Gasteiger partial charge in [-0.2, -0.15) is 0 Å². The second kappa shape index (κ2) is 7.59. The quantitative estimate of drug-likeness (QED) is 0.845. The van der Waals surface area contributed by atoms with Crippen LogP contribution in [0.4, 0.5) is 10.5 Å². The topological polar surface area (TPSA) is 49.6 Å². The van der Waals surface area contributed by atoms with Gasteiger partial charge in [0.1, 0.15) is 0 Å². The molecule has 1 aromatic carbocycles. The average Bonchev–Trinajstić information content (AvgIpc) is 2.82. The number of urea groups is 1. The molecule has 0 atom stereocenters. The smallest absolute Gasteiger partial charge is 0.319 e. The molecule has 2 fully saturated rings. The molecule has 2 aliphatic heterocycles. The van der Waals surface area contributed by atoms with Crippen molar-refractivity contribution >= 4 is 11.7 Å². The molecule has 0 aromatic heterocycles. The molecule has 1 aliphatic carbocycles. The zero-order chi connectivity index (χ0) is 18.0. The van der Waals surface area contributed by atoms with E-state index in [0.29, 0.717) is 0 Å². The summed E-state index contributed by atoms with van der Waals surface area (Å²) in [4.78, 5) is 16.5. The van der Waals surface area contributed by atoms with Crippen LogP contribution in [0.1, 0.15) is 64.8 Å². The van der Waals surface area contributed by atoms with Gasteiger partial charge in [-0.15, -0.1) is 0 Å². The Labute approximate surface area is 159 Å². The zero-order valence-electron chi connectivity index (χ0n) is 16.0. The van der Waals surface area contributed by atoms with E-state index in [1.807, 2.05) is 6.07 Å². The summed E-state index contributed by atoms with van der Waals surface area (Å²) in [6, 6.07) is 8.17. The molecule has 1 aromatic rings. The highest BCUT2D eigenvalue weighted by molar-refractivity contribution is 5.92. The van der Waals surface area contributed by atoms with E-state index >= 15 is 0 Å². The first-order valence-corrected chi connectivity index (χ1v) is 10.6. The summed E-state index contributed by atoms with van der Waals surface area (Å²) in [6.07, 6.45) is 11.8. The largest absolute Gasteiger partial charge is 0.351 e. The van der Waals surface area contributed by atoms with Gasteiger partial charge in [0.2, 0.25) is 0 Å². The van der Waals surface area contributed by atoms with Gasteiger partial charge < -0.3 is 10.6 Å². The maximum absolute atomic E-state index is 12.0. The van der Waals surface area contributed by atoms with E-state index in [9.17, 15) is 4.79 Å². The second-order valence-corrected chi connectivity index (χ2v) is 8.70. The van der Waals surface area contributed by atoms with Crippen molar-refractivity contribution in [2.24, 2.45) is 11.7 Å². The summed E-state index contributed by atoms with van der Waals surface area (Å²) in [5, 5.41) is 0. The van der Waals surface area contributed by atoms with Gasteiger partial charge in [-0.1, -0.05) is 37.5 Å². The first kappa shape index (κ1) is 17.8. The van der Waals surface area contributed by atoms with Crippen LogP contribution in [0.5, 0.6) is 0 Å². The molecule has 4 nitrogen and oxygen atoms in total. The molecule has 0 bridgehead atoms. The summed E-state index contributed by atoms with van der Waals surface area (Å²) < 4.78 is 0. The van der Waals surface area contributed by atoms with Gasteiger partial charge in [0.15, 0.2) is 0 Å². The number of anilines is 1. The average molecular weight is 358 g/mol. The van der Waals surface area contributed by atoms with Crippen LogP contribution in [-0.2, 0) is 5.41 Å². The number of hydrogen-bond donors (Lipinski definition) is 1. The Morgan fingerprint density at radius 2 is 1.77 bits per heavy atom. The lowest BCUT2D eigenvalue weighted by Crippen LogP contribution is -2.44. The number of likely N-dealkylation sites (tertiary alicyclic amines) is 1. The fourth-order valence-corrected chi connectivity index (χ4v) is 5.63. The molecule has 3 aliphatic rings. The van der Waals surface area contributed by atoms with Crippen LogP contribution in [0.25, 0.3) is 0 Å². The maximum Gasteiger partial charge on any atom is 0.319 e. The predicted octanol–water partition coefficient (Wildman–Crippen LogP) is 4.53. The van der Waals surface area contributed by atoms with E-state index in [1.54, 1.807) is 4.90 Å². The van der Waals surface area contributed by atoms with Crippen LogP contribution in [0.2, 0.25) is 0 Å². The number of nitrogens with zero attached hydrogens (tertiary/aromatic N) is 2. The first-order chi connectivity index (χ1) is 12.7. The second-order valence-electron chi connectivity index (χ2n) is 8.70. The molecule has 2 amide bonds. The van der Waals surface area contributed by atoms with Crippen LogP contribution in [0, 0.1) is 5.92 Å². The van der Waals surface area contributed by atoms with Crippen molar-refractivity contribution in [3.05, 3.63) is 29.8 Å². The summed E-state index contributed by atoms with van der Waals surface area (Å²) >= 11 is 0. The van der Waals surface area contributed by atoms with Crippen molar-refractivity contribution in [2.75, 3.05) is 31.1 Å². The predicted molar refractivity (Wildman–Crippen MR) is 109 cm³/mol. The van der Waals surface area contributed by atoms with E-state index in [2.05, 4.69) is 23.1 Å². The standard InChI is InChI=1S/C22H33N3O.H2/c23-21(26)25-14-6-11-22(19-9-4-5-10-20(19)25)12-15-24(16-13-22)17-18-7-2-1-3-8-18;/h4-5,9-10,18H,1-3,6-8,11-17H2,(H2,23,26);1H. The minimum absolute atomic E-state index is 0. The van der Waals surface area contributed by atoms with E-state index in [4.69, 9.17) is 5.73 Å². The molecule has 4 rings (SSSR count). The lowest BCUT2D eigenvalue weighted by Gasteiger charge is -2.43. The van der Waals surface area contributed by atoms with Crippen molar-refractivity contribution in [3.63, 3.8) is 0 Å². The molecular formula is C22H35N3O. The molecule has 2 N–H and O–H groups in total. The SMILES string of the molecule is NC(=O)N1CCCC2(CCN(CC3CCCCC3)CC2)c2ccccc21.[HH]. The Hall–Kier alpha value is -1.55. The number of primary amides is 1. The number of carbonyl (C=O) groups excluding carboxylic acids is 1. The van der Waals surface area contributed by atoms with Gasteiger partial charge in [0, 0.05) is 20.2 Å². The van der Waals surface area contributed by atoms with Crippen molar-refractivity contribution < 1.29 is 6.22 Å². The van der Waals surface area contributed by atoms with E-state index in [1.165, 1.54) is 76.6 Å². The number of fused-ring (bicyclic) bond motifs is 2. The molecule has 0 unspecified atom stereocenters. The number of amides is 2. The Balaban J connectivity index is 0.00000210. The third kappa shape index (κ3) is 3.48. The molecule has 1 spiro atoms. The van der Waals surface area contributed by atoms with Crippen molar-refractivity contribution in [3.8, 4) is 0 Å². The van der Waals surface area contributed by atoms with Gasteiger partial charge >= 0.3 is 6.03 Å². The van der Waals surface area contributed by atoms with E-state index < -0.39 is 0 Å². The Morgan fingerprint density at radius 1 is 1.04 bits per heavy atom. The highest BCUT2D eigenvalue weighted by Crippen LogP contribution is 2.46. The molecule has 2 heterocycles. The fourth-order valence-electron chi connectivity index (χ4n) is 5.63. The molecule has 4 heteroatoms. The minimum Gasteiger partial charge on any atom is -0.351 e. The third-order valence-corrected chi connectivity index (χ3v) is 7.12. The summed E-state index contributed by atoms with van der Waals surface area (Å²) in [7, 11) is 0. The number of benzene rings is 1. The molecule has 1 saturated heterocycles. The number of carbonyl (C=O) groups is 1. The van der Waals surface area contributed by atoms with E-state index in [0.717, 1.165) is 24.6 Å². The van der Waals surface area contributed by atoms with Crippen LogP contribution in [0.3, 0.4) is 0 Å². The monoisotopic (exact) mass is 357 g/mol. The van der Waals surface area contributed by atoms with Gasteiger partial charge in [-0.25, -0.2) is 4.79 Å². The van der Waals surface area contributed by atoms with E-state index in [-0.39, 0.29) is 12.9 Å². The van der Waals surface area contributed by atoms with Crippen LogP contribution < -0.4 is 10.6 Å². The zero-order valence-corrected chi connectivity index (χ0v) is 16.0. The molecule has 144 valence electrons. The lowest BCUT2D eigenvalue weighted by molar-refractivity contribution is 0.123. The number of hydrogen-bond acceptors (Lipinski definition) is 2. The maximum atomic E-state index is 12.0. The molecule has 26 heavy (non-hydrogen) atoms. The van der Waals surface area contributed by atoms with Gasteiger partial charge in [-0.3, -0.25) is 4.90 Å². The number of nitrogens with two attached hydrogens (primary N) is 1. The highest BCUT2D eigenvalue weighted by atomic mass is 16.2. The number of rotatable bonds is 2. The fraction of sp³-hybridized carbons (Fsp3) is 0.682. The Morgan fingerprint density at radius 3 is 2.50 bits per heavy atom. The Bertz CT molecular complexity index is 636. The van der Waals surface area contributed by atoms with Crippen LogP contribution in [-0.4, -0.2) is 37.1 Å². The third-order valence-electron chi connectivity index (χ3n) is 7.12. The van der Waals surface area contributed by atoms with Crippen LogP contribution in [0.15, 0.2) is 24.3 Å². The summed E-state index contributed by atoms with van der Waals surface area (Å²) in [5.74, 6) is 0.921. The molecule has 1 saturated carbocycles. The molecular weight excluding hydrogens is 322 g/mol. The van der Waals surface area contributed by atoms with Gasteiger partial charge in [0.25, 0.3) is 0 Å². The van der Waals surface area contributed by atoms with Gasteiger partial charge in [-0.05, 0) is 74.6 Å².